The van der Waals surface area contributed by atoms with E-state index in [0.717, 1.165) is 5.56 Å². The number of ether oxygens (including phenoxy) is 2. The van der Waals surface area contributed by atoms with Gasteiger partial charge in [-0.05, 0) is 17.0 Å². The Kier molecular flexibility index (Phi) is 3.26. The Morgan fingerprint density at radius 2 is 2.17 bits per heavy atom. The lowest BCUT2D eigenvalue weighted by atomic mass is 9.87. The summed E-state index contributed by atoms with van der Waals surface area (Å²) in [4.78, 5) is 10.7. The Hall–Kier alpha value is -1.62. The minimum Gasteiger partial charge on any atom is -0.484 e. The third-order valence-corrected chi connectivity index (χ3v) is 2.85. The lowest BCUT2D eigenvalue weighted by Gasteiger charge is -2.19. The SMILES string of the molecule is CC(C)(C)c1ccc(OCC2CO2)c([N+](=O)[O-])c1. The first kappa shape index (κ1) is 12.8. The maximum Gasteiger partial charge on any atom is 0.311 e. The van der Waals surface area contributed by atoms with E-state index in [9.17, 15) is 10.1 Å². The summed E-state index contributed by atoms with van der Waals surface area (Å²) < 4.78 is 10.4. The van der Waals surface area contributed by atoms with E-state index >= 15 is 0 Å². The fraction of sp³-hybridized carbons (Fsp3) is 0.538. The van der Waals surface area contributed by atoms with Crippen LogP contribution in [0, 0.1) is 10.1 Å². The van der Waals surface area contributed by atoms with Crippen LogP contribution in [0.1, 0.15) is 26.3 Å². The molecule has 1 unspecified atom stereocenters. The molecule has 98 valence electrons. The molecule has 5 nitrogen and oxygen atoms in total. The summed E-state index contributed by atoms with van der Waals surface area (Å²) in [6, 6.07) is 5.13. The first-order valence-electron chi connectivity index (χ1n) is 5.91. The van der Waals surface area contributed by atoms with Gasteiger partial charge in [0.15, 0.2) is 5.75 Å². The number of epoxide rings is 1. The lowest BCUT2D eigenvalue weighted by Crippen LogP contribution is -2.12. The van der Waals surface area contributed by atoms with Gasteiger partial charge in [0.1, 0.15) is 12.7 Å². The topological polar surface area (TPSA) is 64.9 Å². The highest BCUT2D eigenvalue weighted by Crippen LogP contribution is 2.33. The van der Waals surface area contributed by atoms with Gasteiger partial charge in [-0.2, -0.15) is 0 Å². The molecule has 0 saturated carbocycles. The van der Waals surface area contributed by atoms with Crippen molar-refractivity contribution in [1.82, 2.24) is 0 Å². The zero-order valence-corrected chi connectivity index (χ0v) is 10.8. The van der Waals surface area contributed by atoms with Crippen LogP contribution in [0.15, 0.2) is 18.2 Å². The third kappa shape index (κ3) is 2.98. The Bertz CT molecular complexity index is 461. The molecule has 2 rings (SSSR count). The highest BCUT2D eigenvalue weighted by atomic mass is 16.6. The Balaban J connectivity index is 2.25. The molecule has 0 aromatic heterocycles. The second kappa shape index (κ2) is 4.57. The number of benzene rings is 1. The molecule has 18 heavy (non-hydrogen) atoms. The number of nitro benzene ring substituents is 1. The van der Waals surface area contributed by atoms with E-state index in [2.05, 4.69) is 0 Å². The highest BCUT2D eigenvalue weighted by molar-refractivity contribution is 5.50. The summed E-state index contributed by atoms with van der Waals surface area (Å²) in [5.74, 6) is 0.309. The third-order valence-electron chi connectivity index (χ3n) is 2.85. The summed E-state index contributed by atoms with van der Waals surface area (Å²) in [6.07, 6.45) is 0.0897. The molecule has 1 aliphatic heterocycles. The second-order valence-electron chi connectivity index (χ2n) is 5.46. The molecule has 0 spiro atoms. The largest absolute Gasteiger partial charge is 0.484 e. The maximum absolute atomic E-state index is 11.1. The molecule has 1 aromatic rings. The molecule has 1 atom stereocenters. The molecule has 1 fully saturated rings. The smallest absolute Gasteiger partial charge is 0.311 e. The van der Waals surface area contributed by atoms with Gasteiger partial charge in [0.25, 0.3) is 0 Å². The molecule has 0 bridgehead atoms. The van der Waals surface area contributed by atoms with E-state index < -0.39 is 4.92 Å². The Labute approximate surface area is 106 Å². The average Bonchev–Trinajstić information content (AvgIpc) is 3.08. The minimum atomic E-state index is -0.404. The van der Waals surface area contributed by atoms with Crippen LogP contribution in [-0.2, 0) is 10.2 Å². The van der Waals surface area contributed by atoms with Gasteiger partial charge in [-0.25, -0.2) is 0 Å². The predicted molar refractivity (Wildman–Crippen MR) is 67.0 cm³/mol. The van der Waals surface area contributed by atoms with Crippen molar-refractivity contribution in [3.63, 3.8) is 0 Å². The van der Waals surface area contributed by atoms with Crippen molar-refractivity contribution >= 4 is 5.69 Å². The standard InChI is InChI=1S/C13H17NO4/c1-13(2,3)9-4-5-12(11(6-9)14(15)16)18-8-10-7-17-10/h4-6,10H,7-8H2,1-3H3. The van der Waals surface area contributed by atoms with E-state index in [1.54, 1.807) is 12.1 Å². The summed E-state index contributed by atoms with van der Waals surface area (Å²) in [5.41, 5.74) is 0.815. The number of rotatable bonds is 4. The fourth-order valence-corrected chi connectivity index (χ4v) is 1.60. The van der Waals surface area contributed by atoms with Gasteiger partial charge in [0, 0.05) is 6.07 Å². The zero-order chi connectivity index (χ0) is 13.3. The number of nitro groups is 1. The molecule has 5 heteroatoms. The van der Waals surface area contributed by atoms with Crippen molar-refractivity contribution < 1.29 is 14.4 Å². The van der Waals surface area contributed by atoms with Crippen molar-refractivity contribution in [2.24, 2.45) is 0 Å². The monoisotopic (exact) mass is 251 g/mol. The van der Waals surface area contributed by atoms with E-state index in [-0.39, 0.29) is 17.2 Å². The van der Waals surface area contributed by atoms with Gasteiger partial charge < -0.3 is 9.47 Å². The van der Waals surface area contributed by atoms with Crippen LogP contribution in [0.4, 0.5) is 5.69 Å². The van der Waals surface area contributed by atoms with Gasteiger partial charge in [0.2, 0.25) is 0 Å². The van der Waals surface area contributed by atoms with Crippen molar-refractivity contribution in [2.75, 3.05) is 13.2 Å². The van der Waals surface area contributed by atoms with Crippen molar-refractivity contribution in [2.45, 2.75) is 32.3 Å². The summed E-state index contributed by atoms with van der Waals surface area (Å²) in [5, 5.41) is 11.1. The first-order valence-corrected chi connectivity index (χ1v) is 5.91. The fourth-order valence-electron chi connectivity index (χ4n) is 1.60. The van der Waals surface area contributed by atoms with E-state index in [0.29, 0.717) is 19.0 Å². The Morgan fingerprint density at radius 1 is 1.50 bits per heavy atom. The van der Waals surface area contributed by atoms with Crippen LogP contribution >= 0.6 is 0 Å². The normalized spacial score (nSPS) is 18.5. The summed E-state index contributed by atoms with van der Waals surface area (Å²) in [7, 11) is 0. The van der Waals surface area contributed by atoms with Gasteiger partial charge in [-0.15, -0.1) is 0 Å². The highest BCUT2D eigenvalue weighted by Gasteiger charge is 2.26. The molecule has 1 aliphatic rings. The maximum atomic E-state index is 11.1. The van der Waals surface area contributed by atoms with Crippen LogP contribution in [0.3, 0.4) is 0 Å². The van der Waals surface area contributed by atoms with E-state index in [1.807, 2.05) is 26.8 Å². The van der Waals surface area contributed by atoms with Crippen molar-refractivity contribution in [3.05, 3.63) is 33.9 Å². The molecule has 0 amide bonds. The van der Waals surface area contributed by atoms with Crippen molar-refractivity contribution in [3.8, 4) is 5.75 Å². The number of nitrogens with zero attached hydrogens (tertiary/aromatic N) is 1. The molecule has 1 saturated heterocycles. The summed E-state index contributed by atoms with van der Waals surface area (Å²) in [6.45, 7) is 7.10. The minimum absolute atomic E-state index is 0.0167. The predicted octanol–water partition coefficient (Wildman–Crippen LogP) is 2.67. The van der Waals surface area contributed by atoms with Crippen LogP contribution < -0.4 is 4.74 Å². The quantitative estimate of drug-likeness (QED) is 0.469. The van der Waals surface area contributed by atoms with E-state index in [4.69, 9.17) is 9.47 Å². The Morgan fingerprint density at radius 3 is 2.67 bits per heavy atom. The van der Waals surface area contributed by atoms with Gasteiger partial charge in [-0.1, -0.05) is 26.8 Å². The van der Waals surface area contributed by atoms with Crippen LogP contribution in [0.2, 0.25) is 0 Å². The molecule has 0 radical (unpaired) electrons. The lowest BCUT2D eigenvalue weighted by molar-refractivity contribution is -0.386. The molecule has 0 aliphatic carbocycles. The molecular weight excluding hydrogens is 234 g/mol. The summed E-state index contributed by atoms with van der Waals surface area (Å²) >= 11 is 0. The zero-order valence-electron chi connectivity index (χ0n) is 10.8. The van der Waals surface area contributed by atoms with Crippen LogP contribution in [-0.4, -0.2) is 24.2 Å². The van der Waals surface area contributed by atoms with Gasteiger partial charge in [0.05, 0.1) is 11.5 Å². The van der Waals surface area contributed by atoms with Gasteiger partial charge in [-0.3, -0.25) is 10.1 Å². The first-order chi connectivity index (χ1) is 8.38. The number of hydrogen-bond acceptors (Lipinski definition) is 4. The van der Waals surface area contributed by atoms with Gasteiger partial charge >= 0.3 is 5.69 Å². The van der Waals surface area contributed by atoms with Crippen LogP contribution in [0.5, 0.6) is 5.75 Å². The molecule has 1 aromatic carbocycles. The van der Waals surface area contributed by atoms with E-state index in [1.165, 1.54) is 0 Å². The van der Waals surface area contributed by atoms with Crippen molar-refractivity contribution in [1.29, 1.82) is 0 Å². The second-order valence-corrected chi connectivity index (χ2v) is 5.46. The molecule has 0 N–H and O–H groups in total. The number of hydrogen-bond donors (Lipinski definition) is 0. The van der Waals surface area contributed by atoms with Crippen LogP contribution in [0.25, 0.3) is 0 Å². The molecular formula is C13H17NO4. The average molecular weight is 251 g/mol. The molecule has 1 heterocycles.